The molecule has 5 nitrogen and oxygen atoms in total. The second kappa shape index (κ2) is 10.1. The number of rotatable bonds is 6. The van der Waals surface area contributed by atoms with Crippen LogP contribution < -0.4 is 0 Å². The molecule has 0 atom stereocenters. The van der Waals surface area contributed by atoms with Gasteiger partial charge in [-0.3, -0.25) is 4.79 Å². The number of aryl methyl sites for hydroxylation is 1. The Hall–Kier alpha value is -2.37. The van der Waals surface area contributed by atoms with E-state index in [9.17, 15) is 4.79 Å². The first-order valence-electron chi connectivity index (χ1n) is 10.7. The third kappa shape index (κ3) is 5.02. The zero-order valence-electron chi connectivity index (χ0n) is 17.8. The monoisotopic (exact) mass is 426 g/mol. The average Bonchev–Trinajstić information content (AvgIpc) is 3.20. The minimum absolute atomic E-state index is 0. The van der Waals surface area contributed by atoms with Crippen molar-refractivity contribution < 1.29 is 4.79 Å². The van der Waals surface area contributed by atoms with E-state index in [0.717, 1.165) is 67.7 Å². The maximum Gasteiger partial charge on any atom is 0.253 e. The number of aromatic amines is 1. The predicted molar refractivity (Wildman–Crippen MR) is 124 cm³/mol. The van der Waals surface area contributed by atoms with Crippen LogP contribution >= 0.6 is 12.4 Å². The van der Waals surface area contributed by atoms with Gasteiger partial charge in [-0.25, -0.2) is 4.98 Å². The molecule has 1 amide bonds. The number of likely N-dealkylation sites (tertiary alicyclic amines) is 1. The van der Waals surface area contributed by atoms with E-state index in [1.54, 1.807) is 0 Å². The molecule has 1 N–H and O–H groups in total. The average molecular weight is 427 g/mol. The quantitative estimate of drug-likeness (QED) is 0.638. The Bertz CT molecular complexity index is 964. The number of nitrogens with one attached hydrogen (secondary N) is 1. The van der Waals surface area contributed by atoms with Gasteiger partial charge in [0.2, 0.25) is 0 Å². The molecule has 0 aliphatic carbocycles. The fraction of sp³-hybridized carbons (Fsp3) is 0.417. The molecule has 4 rings (SSSR count). The van der Waals surface area contributed by atoms with Crippen LogP contribution in [0.25, 0.3) is 11.0 Å². The van der Waals surface area contributed by atoms with E-state index >= 15 is 0 Å². The van der Waals surface area contributed by atoms with Crippen LogP contribution in [0.15, 0.2) is 48.5 Å². The molecule has 3 aromatic rings. The van der Waals surface area contributed by atoms with Crippen LogP contribution in [0.1, 0.15) is 41.5 Å². The largest absolute Gasteiger partial charge is 0.342 e. The Labute approximate surface area is 184 Å². The first kappa shape index (κ1) is 22.3. The molecule has 2 heterocycles. The van der Waals surface area contributed by atoms with Crippen LogP contribution in [-0.4, -0.2) is 58.4 Å². The molecule has 1 aromatic heterocycles. The summed E-state index contributed by atoms with van der Waals surface area (Å²) >= 11 is 0. The van der Waals surface area contributed by atoms with Crippen LogP contribution in [0.4, 0.5) is 0 Å². The third-order valence-corrected chi connectivity index (χ3v) is 6.08. The molecule has 30 heavy (non-hydrogen) atoms. The number of amides is 1. The second-order valence-corrected chi connectivity index (χ2v) is 8.01. The van der Waals surface area contributed by atoms with Gasteiger partial charge in [0.05, 0.1) is 11.0 Å². The fourth-order valence-electron chi connectivity index (χ4n) is 4.19. The van der Waals surface area contributed by atoms with Gasteiger partial charge in [-0.1, -0.05) is 37.3 Å². The highest BCUT2D eigenvalue weighted by molar-refractivity contribution is 5.97. The maximum atomic E-state index is 13.0. The van der Waals surface area contributed by atoms with Gasteiger partial charge in [-0.2, -0.15) is 0 Å². The van der Waals surface area contributed by atoms with Crippen LogP contribution in [0.5, 0.6) is 0 Å². The summed E-state index contributed by atoms with van der Waals surface area (Å²) in [7, 11) is 2.21. The number of aromatic nitrogens is 2. The van der Waals surface area contributed by atoms with Gasteiger partial charge in [0.25, 0.3) is 5.91 Å². The lowest BCUT2D eigenvalue weighted by Crippen LogP contribution is -2.46. The standard InChI is InChI=1S/C24H30N4O.ClH/c1-3-23-25-21-10-9-19(17-22(21)26-23)24(29)28-15-12-20(13-16-28)27(2)14-11-18-7-5-4-6-8-18;/h4-10,17,20H,3,11-16H2,1-2H3,(H,25,26);1H. The van der Waals surface area contributed by atoms with E-state index < -0.39 is 0 Å². The van der Waals surface area contributed by atoms with E-state index in [4.69, 9.17) is 0 Å². The highest BCUT2D eigenvalue weighted by Gasteiger charge is 2.26. The lowest BCUT2D eigenvalue weighted by Gasteiger charge is -2.37. The molecule has 6 heteroatoms. The number of carbonyl (C=O) groups excluding carboxylic acids is 1. The number of fused-ring (bicyclic) bond motifs is 1. The van der Waals surface area contributed by atoms with E-state index in [-0.39, 0.29) is 18.3 Å². The van der Waals surface area contributed by atoms with E-state index in [0.29, 0.717) is 6.04 Å². The molecule has 0 spiro atoms. The van der Waals surface area contributed by atoms with Gasteiger partial charge in [0.1, 0.15) is 5.82 Å². The Morgan fingerprint density at radius 3 is 2.60 bits per heavy atom. The summed E-state index contributed by atoms with van der Waals surface area (Å²) in [6, 6.07) is 17.0. The van der Waals surface area contributed by atoms with Crippen molar-refractivity contribution in [3.05, 3.63) is 65.5 Å². The van der Waals surface area contributed by atoms with Crippen LogP contribution in [0.3, 0.4) is 0 Å². The van der Waals surface area contributed by atoms with Crippen LogP contribution in [0, 0.1) is 0 Å². The Kier molecular flexibility index (Phi) is 7.51. The van der Waals surface area contributed by atoms with Crippen molar-refractivity contribution in [3.63, 3.8) is 0 Å². The number of nitrogens with zero attached hydrogens (tertiary/aromatic N) is 3. The Morgan fingerprint density at radius 1 is 1.17 bits per heavy atom. The Morgan fingerprint density at radius 2 is 1.90 bits per heavy atom. The number of halogens is 1. The summed E-state index contributed by atoms with van der Waals surface area (Å²) in [5.41, 5.74) is 4.01. The smallest absolute Gasteiger partial charge is 0.253 e. The van der Waals surface area contributed by atoms with E-state index in [1.807, 2.05) is 23.1 Å². The van der Waals surface area contributed by atoms with E-state index in [1.165, 1.54) is 5.56 Å². The number of carbonyl (C=O) groups is 1. The van der Waals surface area contributed by atoms with Crippen molar-refractivity contribution in [2.75, 3.05) is 26.7 Å². The topological polar surface area (TPSA) is 52.2 Å². The number of hydrogen-bond donors (Lipinski definition) is 1. The first-order valence-corrected chi connectivity index (χ1v) is 10.7. The number of H-pyrrole nitrogens is 1. The normalized spacial score (nSPS) is 14.8. The minimum atomic E-state index is 0. The summed E-state index contributed by atoms with van der Waals surface area (Å²) < 4.78 is 0. The highest BCUT2D eigenvalue weighted by atomic mass is 35.5. The van der Waals surface area contributed by atoms with Crippen molar-refractivity contribution in [2.45, 2.75) is 38.6 Å². The number of benzene rings is 2. The second-order valence-electron chi connectivity index (χ2n) is 8.01. The van der Waals surface area contributed by atoms with Gasteiger partial charge >= 0.3 is 0 Å². The van der Waals surface area contributed by atoms with Crippen LogP contribution in [-0.2, 0) is 12.8 Å². The van der Waals surface area contributed by atoms with Crippen molar-refractivity contribution in [1.29, 1.82) is 0 Å². The number of hydrogen-bond acceptors (Lipinski definition) is 3. The van der Waals surface area contributed by atoms with Gasteiger partial charge in [-0.15, -0.1) is 12.4 Å². The molecule has 1 aliphatic rings. The zero-order valence-corrected chi connectivity index (χ0v) is 18.6. The lowest BCUT2D eigenvalue weighted by atomic mass is 10.0. The van der Waals surface area contributed by atoms with Crippen molar-refractivity contribution in [1.82, 2.24) is 19.8 Å². The number of imidazole rings is 1. The van der Waals surface area contributed by atoms with Crippen molar-refractivity contribution >= 4 is 29.3 Å². The molecule has 1 aliphatic heterocycles. The SMILES string of the molecule is CCc1nc2ccc(C(=O)N3CCC(N(C)CCc4ccccc4)CC3)cc2[nH]1.Cl. The summed E-state index contributed by atoms with van der Waals surface area (Å²) in [4.78, 5) is 25.3. The molecule has 160 valence electrons. The van der Waals surface area contributed by atoms with Gasteiger partial charge in [0, 0.05) is 37.7 Å². The third-order valence-electron chi connectivity index (χ3n) is 6.08. The van der Waals surface area contributed by atoms with Gasteiger partial charge in [-0.05, 0) is 50.1 Å². The first-order chi connectivity index (χ1) is 14.1. The Balaban J connectivity index is 0.00000256. The number of piperidine rings is 1. The molecular formula is C24H31ClN4O. The lowest BCUT2D eigenvalue weighted by molar-refractivity contribution is 0.0647. The van der Waals surface area contributed by atoms with Gasteiger partial charge < -0.3 is 14.8 Å². The molecule has 0 radical (unpaired) electrons. The molecule has 0 unspecified atom stereocenters. The molecule has 1 saturated heterocycles. The molecular weight excluding hydrogens is 396 g/mol. The van der Waals surface area contributed by atoms with E-state index in [2.05, 4.69) is 59.2 Å². The zero-order chi connectivity index (χ0) is 20.2. The van der Waals surface area contributed by atoms with Gasteiger partial charge in [0.15, 0.2) is 0 Å². The van der Waals surface area contributed by atoms with Crippen molar-refractivity contribution in [2.24, 2.45) is 0 Å². The maximum absolute atomic E-state index is 13.0. The molecule has 0 saturated carbocycles. The summed E-state index contributed by atoms with van der Waals surface area (Å²) in [5.74, 6) is 1.09. The summed E-state index contributed by atoms with van der Waals surface area (Å²) in [6.07, 6.45) is 4.00. The summed E-state index contributed by atoms with van der Waals surface area (Å²) in [6.45, 7) is 4.77. The minimum Gasteiger partial charge on any atom is -0.342 e. The van der Waals surface area contributed by atoms with Crippen molar-refractivity contribution in [3.8, 4) is 0 Å². The van der Waals surface area contributed by atoms with Crippen LogP contribution in [0.2, 0.25) is 0 Å². The summed E-state index contributed by atoms with van der Waals surface area (Å²) in [5, 5.41) is 0. The molecule has 0 bridgehead atoms. The molecule has 2 aromatic carbocycles. The fourth-order valence-corrected chi connectivity index (χ4v) is 4.19. The highest BCUT2D eigenvalue weighted by Crippen LogP contribution is 2.20. The number of likely N-dealkylation sites (N-methyl/N-ethyl adjacent to an activating group) is 1. The molecule has 1 fully saturated rings. The predicted octanol–water partition coefficient (Wildman–Crippen LogP) is 4.33.